The summed E-state index contributed by atoms with van der Waals surface area (Å²) >= 11 is 8.85. The smallest absolute Gasteiger partial charge is 0.0727 e. The third kappa shape index (κ3) is 1.08. The third-order valence-electron chi connectivity index (χ3n) is 2.72. The van der Waals surface area contributed by atoms with E-state index in [1.807, 2.05) is 0 Å². The summed E-state index contributed by atoms with van der Waals surface area (Å²) in [5, 5.41) is 0. The Balaban J connectivity index is 2.19. The summed E-state index contributed by atoms with van der Waals surface area (Å²) in [6.45, 7) is 0. The van der Waals surface area contributed by atoms with Gasteiger partial charge in [0.1, 0.15) is 0 Å². The van der Waals surface area contributed by atoms with Crippen LogP contribution in [0.3, 0.4) is 0 Å². The van der Waals surface area contributed by atoms with Crippen molar-refractivity contribution in [3.05, 3.63) is 24.3 Å². The first-order valence-corrected chi connectivity index (χ1v) is 5.78. The Morgan fingerprint density at radius 1 is 1.55 bits per heavy atom. The van der Waals surface area contributed by atoms with E-state index in [9.17, 15) is 0 Å². The Hall–Kier alpha value is 0.500. The molecule has 1 fully saturated rings. The largest absolute Gasteiger partial charge is 0.114 e. The highest BCUT2D eigenvalue weighted by molar-refractivity contribution is 14.1. The fourth-order valence-corrected chi connectivity index (χ4v) is 3.63. The predicted octanol–water partition coefficient (Wildman–Crippen LogP) is 3.16. The Labute approximate surface area is 85.8 Å². The second-order valence-corrected chi connectivity index (χ2v) is 4.80. The summed E-state index contributed by atoms with van der Waals surface area (Å²) in [4.78, 5) is -0.0179. The molecule has 0 heterocycles. The number of allylic oxidation sites excluding steroid dienone is 4. The minimum Gasteiger partial charge on any atom is -0.114 e. The molecule has 0 saturated heterocycles. The van der Waals surface area contributed by atoms with E-state index in [-0.39, 0.29) is 4.87 Å². The van der Waals surface area contributed by atoms with Crippen molar-refractivity contribution in [3.8, 4) is 0 Å². The third-order valence-corrected chi connectivity index (χ3v) is 4.50. The van der Waals surface area contributed by atoms with Gasteiger partial charge < -0.3 is 0 Å². The van der Waals surface area contributed by atoms with Gasteiger partial charge in [0.15, 0.2) is 0 Å². The maximum absolute atomic E-state index is 6.43. The van der Waals surface area contributed by atoms with Crippen molar-refractivity contribution in [3.63, 3.8) is 0 Å². The van der Waals surface area contributed by atoms with Crippen molar-refractivity contribution in [2.75, 3.05) is 4.43 Å². The first-order chi connectivity index (χ1) is 5.27. The predicted molar refractivity (Wildman–Crippen MR) is 57.3 cm³/mol. The lowest BCUT2D eigenvalue weighted by atomic mass is 9.63. The normalized spacial score (nSPS) is 46.7. The molecule has 60 valence electrons. The number of rotatable bonds is 1. The number of hydrogen-bond acceptors (Lipinski definition) is 0. The van der Waals surface area contributed by atoms with Gasteiger partial charge in [-0.1, -0.05) is 46.9 Å². The van der Waals surface area contributed by atoms with Crippen LogP contribution in [0.1, 0.15) is 6.42 Å². The molecule has 0 spiro atoms. The zero-order valence-corrected chi connectivity index (χ0v) is 9.05. The molecule has 0 aromatic heterocycles. The van der Waals surface area contributed by atoms with E-state index in [0.717, 1.165) is 0 Å². The molecule has 2 aliphatic carbocycles. The molecule has 3 unspecified atom stereocenters. The summed E-state index contributed by atoms with van der Waals surface area (Å²) in [6, 6.07) is 0. The number of halogens is 2. The van der Waals surface area contributed by atoms with Crippen LogP contribution in [0.15, 0.2) is 24.3 Å². The van der Waals surface area contributed by atoms with Crippen molar-refractivity contribution in [1.29, 1.82) is 0 Å². The number of fused-ring (bicyclic) bond motifs is 1. The lowest BCUT2D eigenvalue weighted by molar-refractivity contribution is 0.209. The van der Waals surface area contributed by atoms with Crippen molar-refractivity contribution < 1.29 is 0 Å². The molecule has 0 nitrogen and oxygen atoms in total. The van der Waals surface area contributed by atoms with E-state index >= 15 is 0 Å². The van der Waals surface area contributed by atoms with Crippen molar-refractivity contribution in [1.82, 2.24) is 0 Å². The van der Waals surface area contributed by atoms with Gasteiger partial charge in [0.2, 0.25) is 0 Å². The average molecular weight is 281 g/mol. The Morgan fingerprint density at radius 2 is 2.36 bits per heavy atom. The number of alkyl halides is 2. The van der Waals surface area contributed by atoms with Crippen molar-refractivity contribution in [2.45, 2.75) is 11.3 Å². The Kier molecular flexibility index (Phi) is 2.04. The van der Waals surface area contributed by atoms with Gasteiger partial charge in [-0.3, -0.25) is 0 Å². The molecule has 1 saturated carbocycles. The quantitative estimate of drug-likeness (QED) is 0.511. The molecule has 2 heteroatoms. The zero-order chi connectivity index (χ0) is 7.90. The molecular formula is C9H10ClI. The van der Waals surface area contributed by atoms with Gasteiger partial charge in [-0.2, -0.15) is 0 Å². The first-order valence-electron chi connectivity index (χ1n) is 3.88. The van der Waals surface area contributed by atoms with Crippen LogP contribution in [0.25, 0.3) is 0 Å². The fourth-order valence-electron chi connectivity index (χ4n) is 1.88. The van der Waals surface area contributed by atoms with E-state index < -0.39 is 0 Å². The van der Waals surface area contributed by atoms with Crippen LogP contribution in [-0.2, 0) is 0 Å². The summed E-state index contributed by atoms with van der Waals surface area (Å²) in [7, 11) is 0. The van der Waals surface area contributed by atoms with E-state index in [4.69, 9.17) is 11.6 Å². The van der Waals surface area contributed by atoms with Crippen LogP contribution in [0.5, 0.6) is 0 Å². The maximum Gasteiger partial charge on any atom is 0.0727 e. The van der Waals surface area contributed by atoms with E-state index in [2.05, 4.69) is 46.9 Å². The Morgan fingerprint density at radius 3 is 3.00 bits per heavy atom. The standard InChI is InChI=1S/C9H10ClI/c10-9-4-2-1-3-7(9)5-8(9)6-11/h1-4,7-8H,5-6H2. The average Bonchev–Trinajstić information content (AvgIpc) is 1.99. The van der Waals surface area contributed by atoms with Gasteiger partial charge in [0, 0.05) is 10.3 Å². The molecule has 0 radical (unpaired) electrons. The second-order valence-electron chi connectivity index (χ2n) is 3.26. The highest BCUT2D eigenvalue weighted by Gasteiger charge is 2.50. The van der Waals surface area contributed by atoms with Gasteiger partial charge in [0.25, 0.3) is 0 Å². The van der Waals surface area contributed by atoms with E-state index in [0.29, 0.717) is 11.8 Å². The first kappa shape index (κ1) is 8.11. The summed E-state index contributed by atoms with van der Waals surface area (Å²) in [5.74, 6) is 1.30. The van der Waals surface area contributed by atoms with Crippen LogP contribution in [-0.4, -0.2) is 9.30 Å². The second kappa shape index (κ2) is 2.77. The highest BCUT2D eigenvalue weighted by atomic mass is 127. The SMILES string of the molecule is ClC12C=CC=CC1CC2CI. The van der Waals surface area contributed by atoms with Crippen LogP contribution >= 0.6 is 34.2 Å². The number of hydrogen-bond donors (Lipinski definition) is 0. The molecule has 0 aromatic rings. The van der Waals surface area contributed by atoms with E-state index in [1.54, 1.807) is 0 Å². The van der Waals surface area contributed by atoms with Gasteiger partial charge in [-0.25, -0.2) is 0 Å². The summed E-state index contributed by atoms with van der Waals surface area (Å²) in [5.41, 5.74) is 0. The molecule has 0 aliphatic heterocycles. The molecule has 3 atom stereocenters. The molecule has 0 amide bonds. The van der Waals surface area contributed by atoms with E-state index in [1.165, 1.54) is 10.8 Å². The molecule has 0 N–H and O–H groups in total. The van der Waals surface area contributed by atoms with Gasteiger partial charge >= 0.3 is 0 Å². The Bertz CT molecular complexity index is 222. The van der Waals surface area contributed by atoms with Crippen LogP contribution in [0, 0.1) is 11.8 Å². The van der Waals surface area contributed by atoms with Gasteiger partial charge in [-0.05, 0) is 12.3 Å². The van der Waals surface area contributed by atoms with Gasteiger partial charge in [0.05, 0.1) is 4.87 Å². The lowest BCUT2D eigenvalue weighted by Crippen LogP contribution is -2.50. The minimum absolute atomic E-state index is 0.0179. The van der Waals surface area contributed by atoms with Crippen molar-refractivity contribution in [2.24, 2.45) is 11.8 Å². The molecular weight excluding hydrogens is 270 g/mol. The summed E-state index contributed by atoms with van der Waals surface area (Å²) in [6.07, 6.45) is 9.84. The highest BCUT2D eigenvalue weighted by Crippen LogP contribution is 2.53. The maximum atomic E-state index is 6.43. The molecule has 11 heavy (non-hydrogen) atoms. The topological polar surface area (TPSA) is 0 Å². The molecule has 0 bridgehead atoms. The monoisotopic (exact) mass is 280 g/mol. The minimum atomic E-state index is -0.0179. The van der Waals surface area contributed by atoms with Crippen molar-refractivity contribution >= 4 is 34.2 Å². The van der Waals surface area contributed by atoms with Crippen LogP contribution < -0.4 is 0 Å². The van der Waals surface area contributed by atoms with Gasteiger partial charge in [-0.15, -0.1) is 11.6 Å². The zero-order valence-electron chi connectivity index (χ0n) is 6.13. The summed E-state index contributed by atoms with van der Waals surface area (Å²) < 4.78 is 1.18. The van der Waals surface area contributed by atoms with Crippen LogP contribution in [0.2, 0.25) is 0 Å². The molecule has 2 aliphatic rings. The molecule has 2 rings (SSSR count). The van der Waals surface area contributed by atoms with Crippen LogP contribution in [0.4, 0.5) is 0 Å². The molecule has 0 aromatic carbocycles. The lowest BCUT2D eigenvalue weighted by Gasteiger charge is -2.50. The fraction of sp³-hybridized carbons (Fsp3) is 0.556.